The molecule has 1 aromatic rings. The molecule has 104 valence electrons. The Morgan fingerprint density at radius 1 is 1.26 bits per heavy atom. The van der Waals surface area contributed by atoms with Crippen molar-refractivity contribution in [3.63, 3.8) is 0 Å². The normalized spacial score (nSPS) is 23.5. The van der Waals surface area contributed by atoms with Gasteiger partial charge in [-0.25, -0.2) is 8.78 Å². The predicted octanol–water partition coefficient (Wildman–Crippen LogP) is 3.22. The van der Waals surface area contributed by atoms with E-state index in [1.807, 2.05) is 11.8 Å². The molecule has 2 unspecified atom stereocenters. The Bertz CT molecular complexity index is 481. The van der Waals surface area contributed by atoms with Gasteiger partial charge in [0.15, 0.2) is 0 Å². The van der Waals surface area contributed by atoms with Crippen LogP contribution in [-0.2, 0) is 0 Å². The van der Waals surface area contributed by atoms with Gasteiger partial charge < -0.3 is 10.6 Å². The second-order valence-electron chi connectivity index (χ2n) is 5.34. The summed E-state index contributed by atoms with van der Waals surface area (Å²) in [5.74, 6) is -0.752. The van der Waals surface area contributed by atoms with Gasteiger partial charge in [0, 0.05) is 18.2 Å². The lowest BCUT2D eigenvalue weighted by Crippen LogP contribution is -2.42. The van der Waals surface area contributed by atoms with Crippen LogP contribution in [0.4, 0.5) is 14.5 Å². The maximum atomic E-state index is 14.2. The highest BCUT2D eigenvalue weighted by Gasteiger charge is 2.27. The number of thiocarbonyl (C=S) groups is 1. The van der Waals surface area contributed by atoms with Gasteiger partial charge in [0.1, 0.15) is 22.3 Å². The lowest BCUT2D eigenvalue weighted by Gasteiger charge is -2.38. The van der Waals surface area contributed by atoms with Crippen molar-refractivity contribution in [2.75, 3.05) is 11.4 Å². The standard InChI is InChI=1S/C14H18F2N2S/c1-8-3-4-9(2)18(7-8)13-11(15)5-10(14(17)19)6-12(13)16/h5-6,8-9H,3-4,7H2,1-2H3,(H2,17,19). The monoisotopic (exact) mass is 284 g/mol. The molecule has 5 heteroatoms. The lowest BCUT2D eigenvalue weighted by atomic mass is 9.94. The molecule has 1 fully saturated rings. The Labute approximate surface area is 117 Å². The Morgan fingerprint density at radius 3 is 2.37 bits per heavy atom. The third-order valence-corrected chi connectivity index (χ3v) is 3.94. The number of benzene rings is 1. The van der Waals surface area contributed by atoms with Gasteiger partial charge in [0.25, 0.3) is 0 Å². The molecule has 1 aliphatic heterocycles. The summed E-state index contributed by atoms with van der Waals surface area (Å²) >= 11 is 4.75. The summed E-state index contributed by atoms with van der Waals surface area (Å²) in [7, 11) is 0. The van der Waals surface area contributed by atoms with Crippen LogP contribution in [0.3, 0.4) is 0 Å². The minimum absolute atomic E-state index is 0.00408. The van der Waals surface area contributed by atoms with Gasteiger partial charge in [-0.2, -0.15) is 0 Å². The topological polar surface area (TPSA) is 29.3 Å². The molecule has 1 aromatic carbocycles. The fourth-order valence-corrected chi connectivity index (χ4v) is 2.70. The van der Waals surface area contributed by atoms with Crippen molar-refractivity contribution in [2.24, 2.45) is 11.7 Å². The summed E-state index contributed by atoms with van der Waals surface area (Å²) in [5, 5.41) is 0. The van der Waals surface area contributed by atoms with E-state index in [0.717, 1.165) is 12.8 Å². The summed E-state index contributed by atoms with van der Waals surface area (Å²) in [6.45, 7) is 4.76. The minimum atomic E-state index is -0.594. The SMILES string of the molecule is CC1CCC(C)N(c2c(F)cc(C(N)=S)cc2F)C1. The van der Waals surface area contributed by atoms with Crippen molar-refractivity contribution in [1.82, 2.24) is 0 Å². The second kappa shape index (κ2) is 5.41. The molecule has 0 aliphatic carbocycles. The first-order valence-electron chi connectivity index (χ1n) is 6.45. The predicted molar refractivity (Wildman–Crippen MR) is 77.5 cm³/mol. The van der Waals surface area contributed by atoms with Crippen molar-refractivity contribution in [1.29, 1.82) is 0 Å². The molecule has 0 amide bonds. The van der Waals surface area contributed by atoms with Crippen LogP contribution in [0.25, 0.3) is 0 Å². The molecule has 2 atom stereocenters. The van der Waals surface area contributed by atoms with Crippen molar-refractivity contribution in [2.45, 2.75) is 32.7 Å². The number of anilines is 1. The molecule has 0 spiro atoms. The highest BCUT2D eigenvalue weighted by atomic mass is 32.1. The molecule has 19 heavy (non-hydrogen) atoms. The van der Waals surface area contributed by atoms with Crippen LogP contribution in [0.5, 0.6) is 0 Å². The Balaban J connectivity index is 2.41. The van der Waals surface area contributed by atoms with Gasteiger partial charge in [-0.1, -0.05) is 19.1 Å². The van der Waals surface area contributed by atoms with Crippen molar-refractivity contribution in [3.8, 4) is 0 Å². The summed E-state index contributed by atoms with van der Waals surface area (Å²) in [4.78, 5) is 1.81. The smallest absolute Gasteiger partial charge is 0.150 e. The highest BCUT2D eigenvalue weighted by molar-refractivity contribution is 7.80. The number of piperidine rings is 1. The summed E-state index contributed by atoms with van der Waals surface area (Å²) < 4.78 is 28.3. The number of nitrogens with two attached hydrogens (primary N) is 1. The average Bonchev–Trinajstić information content (AvgIpc) is 2.32. The van der Waals surface area contributed by atoms with Crippen molar-refractivity contribution >= 4 is 22.9 Å². The van der Waals surface area contributed by atoms with Crippen LogP contribution >= 0.6 is 12.2 Å². The molecule has 1 saturated heterocycles. The average molecular weight is 284 g/mol. The highest BCUT2D eigenvalue weighted by Crippen LogP contribution is 2.32. The first kappa shape index (κ1) is 14.2. The Morgan fingerprint density at radius 2 is 1.84 bits per heavy atom. The van der Waals surface area contributed by atoms with Crippen LogP contribution < -0.4 is 10.6 Å². The molecule has 1 heterocycles. The minimum Gasteiger partial charge on any atom is -0.389 e. The third kappa shape index (κ3) is 2.86. The number of halogens is 2. The Hall–Kier alpha value is -1.23. The molecule has 1 aliphatic rings. The van der Waals surface area contributed by atoms with Crippen molar-refractivity contribution in [3.05, 3.63) is 29.3 Å². The summed E-state index contributed by atoms with van der Waals surface area (Å²) in [6.07, 6.45) is 2.03. The quantitative estimate of drug-likeness (QED) is 0.846. The molecule has 2 nitrogen and oxygen atoms in total. The molecule has 0 bridgehead atoms. The summed E-state index contributed by atoms with van der Waals surface area (Å²) in [6, 6.07) is 2.57. The fraction of sp³-hybridized carbons (Fsp3) is 0.500. The van der Waals surface area contributed by atoms with Gasteiger partial charge in [-0.3, -0.25) is 0 Å². The van der Waals surface area contributed by atoms with E-state index in [0.29, 0.717) is 12.5 Å². The van der Waals surface area contributed by atoms with E-state index >= 15 is 0 Å². The van der Waals surface area contributed by atoms with Crippen molar-refractivity contribution < 1.29 is 8.78 Å². The molecule has 2 rings (SSSR count). The maximum Gasteiger partial charge on any atom is 0.150 e. The lowest BCUT2D eigenvalue weighted by molar-refractivity contribution is 0.382. The van der Waals surface area contributed by atoms with Gasteiger partial charge in [-0.15, -0.1) is 0 Å². The van der Waals surface area contributed by atoms with Crippen LogP contribution in [0, 0.1) is 17.6 Å². The molecule has 2 N–H and O–H groups in total. The van der Waals surface area contributed by atoms with E-state index in [-0.39, 0.29) is 22.3 Å². The van der Waals surface area contributed by atoms with Gasteiger partial charge in [0.05, 0.1) is 0 Å². The zero-order valence-electron chi connectivity index (χ0n) is 11.1. The Kier molecular flexibility index (Phi) is 4.04. The third-order valence-electron chi connectivity index (χ3n) is 3.71. The summed E-state index contributed by atoms with van der Waals surface area (Å²) in [5.41, 5.74) is 5.68. The molecule has 0 saturated carbocycles. The molecule has 0 radical (unpaired) electrons. The van der Waals surface area contributed by atoms with E-state index in [2.05, 4.69) is 6.92 Å². The molecule has 0 aromatic heterocycles. The number of hydrogen-bond donors (Lipinski definition) is 1. The van der Waals surface area contributed by atoms with E-state index in [9.17, 15) is 8.78 Å². The zero-order valence-corrected chi connectivity index (χ0v) is 11.9. The second-order valence-corrected chi connectivity index (χ2v) is 5.78. The van der Waals surface area contributed by atoms with Gasteiger partial charge in [0.2, 0.25) is 0 Å². The van der Waals surface area contributed by atoms with Crippen LogP contribution in [-0.4, -0.2) is 17.6 Å². The molecular formula is C14H18F2N2S. The fourth-order valence-electron chi connectivity index (χ4n) is 2.58. The van der Waals surface area contributed by atoms with E-state index in [1.165, 1.54) is 12.1 Å². The zero-order chi connectivity index (χ0) is 14.2. The first-order valence-corrected chi connectivity index (χ1v) is 6.86. The van der Waals surface area contributed by atoms with E-state index in [4.69, 9.17) is 18.0 Å². The van der Waals surface area contributed by atoms with E-state index < -0.39 is 11.6 Å². The number of rotatable bonds is 2. The molecular weight excluding hydrogens is 266 g/mol. The first-order chi connectivity index (χ1) is 8.90. The number of nitrogens with zero attached hydrogens (tertiary/aromatic N) is 1. The number of hydrogen-bond acceptors (Lipinski definition) is 2. The van der Waals surface area contributed by atoms with Crippen LogP contribution in [0.15, 0.2) is 12.1 Å². The van der Waals surface area contributed by atoms with Gasteiger partial charge in [-0.05, 0) is 37.8 Å². The van der Waals surface area contributed by atoms with Crippen LogP contribution in [0.1, 0.15) is 32.3 Å². The van der Waals surface area contributed by atoms with Crippen LogP contribution in [0.2, 0.25) is 0 Å². The largest absolute Gasteiger partial charge is 0.389 e. The van der Waals surface area contributed by atoms with E-state index in [1.54, 1.807) is 0 Å². The maximum absolute atomic E-state index is 14.2. The van der Waals surface area contributed by atoms with Gasteiger partial charge >= 0.3 is 0 Å².